The van der Waals surface area contributed by atoms with Crippen LogP contribution < -0.4 is 5.32 Å². The van der Waals surface area contributed by atoms with E-state index >= 15 is 0 Å². The average Bonchev–Trinajstić information content (AvgIpc) is 2.15. The highest BCUT2D eigenvalue weighted by molar-refractivity contribution is 5.23. The third-order valence-corrected chi connectivity index (χ3v) is 2.67. The molecule has 1 saturated carbocycles. The summed E-state index contributed by atoms with van der Waals surface area (Å²) < 4.78 is 12.7. The van der Waals surface area contributed by atoms with E-state index in [1.165, 1.54) is 0 Å². The number of aromatic nitrogens is 2. The van der Waals surface area contributed by atoms with E-state index < -0.39 is 6.17 Å². The third-order valence-electron chi connectivity index (χ3n) is 2.67. The van der Waals surface area contributed by atoms with Gasteiger partial charge in [-0.1, -0.05) is 6.92 Å². The molecule has 1 aromatic rings. The average molecular weight is 195 g/mol. The number of halogens is 1. The van der Waals surface area contributed by atoms with E-state index in [1.54, 1.807) is 18.5 Å². The van der Waals surface area contributed by atoms with Crippen LogP contribution in [0.3, 0.4) is 0 Å². The minimum Gasteiger partial charge on any atom is -0.354 e. The van der Waals surface area contributed by atoms with E-state index in [-0.39, 0.29) is 5.41 Å². The van der Waals surface area contributed by atoms with Crippen molar-refractivity contribution in [1.82, 2.24) is 9.97 Å². The first-order valence-electron chi connectivity index (χ1n) is 4.83. The summed E-state index contributed by atoms with van der Waals surface area (Å²) in [7, 11) is 0. The molecule has 1 aliphatic rings. The van der Waals surface area contributed by atoms with E-state index in [0.29, 0.717) is 18.8 Å². The van der Waals surface area contributed by atoms with Crippen molar-refractivity contribution < 1.29 is 4.39 Å². The van der Waals surface area contributed by atoms with E-state index in [4.69, 9.17) is 0 Å². The van der Waals surface area contributed by atoms with Gasteiger partial charge in [-0.25, -0.2) is 14.4 Å². The molecule has 0 unspecified atom stereocenters. The summed E-state index contributed by atoms with van der Waals surface area (Å²) in [5, 5.41) is 3.12. The first-order chi connectivity index (χ1) is 6.68. The molecule has 76 valence electrons. The lowest BCUT2D eigenvalue weighted by Crippen LogP contribution is -2.41. The number of nitrogens with zero attached hydrogens (tertiary/aromatic N) is 2. The maximum Gasteiger partial charge on any atom is 0.222 e. The molecule has 0 spiro atoms. The minimum absolute atomic E-state index is 0.0820. The molecule has 1 aromatic heterocycles. The fourth-order valence-corrected chi connectivity index (χ4v) is 1.84. The molecular weight excluding hydrogens is 181 g/mol. The Morgan fingerprint density at radius 2 is 2.14 bits per heavy atom. The topological polar surface area (TPSA) is 37.8 Å². The fraction of sp³-hybridized carbons (Fsp3) is 0.600. The predicted octanol–water partition coefficient (Wildman–Crippen LogP) is 2.03. The van der Waals surface area contributed by atoms with Gasteiger partial charge in [0.1, 0.15) is 6.17 Å². The van der Waals surface area contributed by atoms with Gasteiger partial charge in [0.25, 0.3) is 0 Å². The van der Waals surface area contributed by atoms with Crippen LogP contribution in [0.4, 0.5) is 10.3 Å². The van der Waals surface area contributed by atoms with Crippen LogP contribution in [0.15, 0.2) is 18.5 Å². The summed E-state index contributed by atoms with van der Waals surface area (Å²) in [5.41, 5.74) is 0.0820. The largest absolute Gasteiger partial charge is 0.354 e. The molecule has 0 aliphatic heterocycles. The van der Waals surface area contributed by atoms with Crippen LogP contribution >= 0.6 is 0 Å². The van der Waals surface area contributed by atoms with E-state index in [0.717, 1.165) is 6.54 Å². The quantitative estimate of drug-likeness (QED) is 0.801. The third kappa shape index (κ3) is 2.00. The van der Waals surface area contributed by atoms with Gasteiger partial charge in [0.2, 0.25) is 5.95 Å². The Kier molecular flexibility index (Phi) is 2.35. The van der Waals surface area contributed by atoms with Gasteiger partial charge >= 0.3 is 0 Å². The molecule has 0 radical (unpaired) electrons. The highest BCUT2D eigenvalue weighted by Crippen LogP contribution is 2.42. The van der Waals surface area contributed by atoms with Crippen molar-refractivity contribution in [1.29, 1.82) is 0 Å². The standard InChI is InChI=1S/C10H14FN3/c1-10(5-8(11)6-10)7-14-9-12-3-2-4-13-9/h2-4,8H,5-7H2,1H3,(H,12,13,14)/t8-,10+. The van der Waals surface area contributed by atoms with Crippen molar-refractivity contribution in [3.05, 3.63) is 18.5 Å². The molecule has 1 heterocycles. The second-order valence-electron chi connectivity index (χ2n) is 4.24. The number of nitrogens with one attached hydrogen (secondary N) is 1. The van der Waals surface area contributed by atoms with Crippen molar-refractivity contribution in [2.24, 2.45) is 5.41 Å². The molecule has 14 heavy (non-hydrogen) atoms. The highest BCUT2D eigenvalue weighted by Gasteiger charge is 2.40. The Morgan fingerprint density at radius 3 is 2.71 bits per heavy atom. The summed E-state index contributed by atoms with van der Waals surface area (Å²) >= 11 is 0. The fourth-order valence-electron chi connectivity index (χ4n) is 1.84. The second kappa shape index (κ2) is 3.52. The highest BCUT2D eigenvalue weighted by atomic mass is 19.1. The SMILES string of the molecule is C[C@]1(CNc2ncccn2)C[C@@H](F)C1. The van der Waals surface area contributed by atoms with Gasteiger partial charge < -0.3 is 5.32 Å². The van der Waals surface area contributed by atoms with Gasteiger partial charge in [-0.3, -0.25) is 0 Å². The number of hydrogen-bond donors (Lipinski definition) is 1. The zero-order chi connectivity index (χ0) is 10.0. The zero-order valence-corrected chi connectivity index (χ0v) is 8.20. The molecule has 0 atom stereocenters. The number of anilines is 1. The molecule has 2 rings (SSSR count). The maximum atomic E-state index is 12.7. The number of rotatable bonds is 3. The molecular formula is C10H14FN3. The minimum atomic E-state index is -0.613. The Labute approximate surface area is 82.8 Å². The monoisotopic (exact) mass is 195 g/mol. The molecule has 0 aromatic carbocycles. The van der Waals surface area contributed by atoms with Crippen molar-refractivity contribution in [2.45, 2.75) is 25.9 Å². The van der Waals surface area contributed by atoms with Gasteiger partial charge in [0, 0.05) is 18.9 Å². The summed E-state index contributed by atoms with van der Waals surface area (Å²) in [6, 6.07) is 1.77. The molecule has 0 amide bonds. The molecule has 0 saturated heterocycles. The lowest BCUT2D eigenvalue weighted by molar-refractivity contribution is 0.0535. The van der Waals surface area contributed by atoms with E-state index in [9.17, 15) is 4.39 Å². The van der Waals surface area contributed by atoms with Crippen LogP contribution in [0.5, 0.6) is 0 Å². The molecule has 4 heteroatoms. The zero-order valence-electron chi connectivity index (χ0n) is 8.20. The van der Waals surface area contributed by atoms with Crippen LogP contribution in [0.2, 0.25) is 0 Å². The first kappa shape index (κ1) is 9.37. The second-order valence-corrected chi connectivity index (χ2v) is 4.24. The van der Waals surface area contributed by atoms with Gasteiger partial charge in [-0.2, -0.15) is 0 Å². The van der Waals surface area contributed by atoms with Crippen LogP contribution in [0, 0.1) is 5.41 Å². The Morgan fingerprint density at radius 1 is 1.50 bits per heavy atom. The van der Waals surface area contributed by atoms with Crippen LogP contribution in [0.1, 0.15) is 19.8 Å². The first-order valence-corrected chi connectivity index (χ1v) is 4.83. The van der Waals surface area contributed by atoms with Crippen LogP contribution in [-0.4, -0.2) is 22.7 Å². The van der Waals surface area contributed by atoms with Crippen molar-refractivity contribution in [3.8, 4) is 0 Å². The smallest absolute Gasteiger partial charge is 0.222 e. The van der Waals surface area contributed by atoms with Crippen molar-refractivity contribution >= 4 is 5.95 Å². The predicted molar refractivity (Wildman–Crippen MR) is 52.8 cm³/mol. The Bertz CT molecular complexity index is 295. The maximum absolute atomic E-state index is 12.7. The molecule has 3 nitrogen and oxygen atoms in total. The number of alkyl halides is 1. The van der Waals surface area contributed by atoms with Crippen LogP contribution in [-0.2, 0) is 0 Å². The molecule has 1 N–H and O–H groups in total. The number of hydrogen-bond acceptors (Lipinski definition) is 3. The van der Waals surface area contributed by atoms with Gasteiger partial charge in [0.15, 0.2) is 0 Å². The van der Waals surface area contributed by atoms with Crippen LogP contribution in [0.25, 0.3) is 0 Å². The van der Waals surface area contributed by atoms with Gasteiger partial charge in [0.05, 0.1) is 0 Å². The van der Waals surface area contributed by atoms with Crippen molar-refractivity contribution in [3.63, 3.8) is 0 Å². The normalized spacial score (nSPS) is 30.9. The van der Waals surface area contributed by atoms with Gasteiger partial charge in [-0.05, 0) is 24.3 Å². The Balaban J connectivity index is 1.83. The van der Waals surface area contributed by atoms with E-state index in [2.05, 4.69) is 22.2 Å². The Hall–Kier alpha value is -1.19. The summed E-state index contributed by atoms with van der Waals surface area (Å²) in [6.45, 7) is 2.83. The lowest BCUT2D eigenvalue weighted by Gasteiger charge is -2.41. The molecule has 1 aliphatic carbocycles. The summed E-state index contributed by atoms with van der Waals surface area (Å²) in [4.78, 5) is 8.09. The van der Waals surface area contributed by atoms with E-state index in [1.807, 2.05) is 0 Å². The summed E-state index contributed by atoms with van der Waals surface area (Å²) in [6.07, 6.45) is 4.06. The van der Waals surface area contributed by atoms with Crippen molar-refractivity contribution in [2.75, 3.05) is 11.9 Å². The lowest BCUT2D eigenvalue weighted by atomic mass is 9.69. The van der Waals surface area contributed by atoms with Gasteiger partial charge in [-0.15, -0.1) is 0 Å². The molecule has 1 fully saturated rings. The molecule has 0 bridgehead atoms. The summed E-state index contributed by atoms with van der Waals surface area (Å²) in [5.74, 6) is 0.621.